The van der Waals surface area contributed by atoms with Gasteiger partial charge in [-0.15, -0.1) is 0 Å². The van der Waals surface area contributed by atoms with Crippen molar-refractivity contribution in [3.8, 4) is 5.75 Å². The Morgan fingerprint density at radius 2 is 2.05 bits per heavy atom. The summed E-state index contributed by atoms with van der Waals surface area (Å²) in [6.45, 7) is 5.90. The summed E-state index contributed by atoms with van der Waals surface area (Å²) in [5, 5.41) is 4.35. The van der Waals surface area contributed by atoms with Crippen LogP contribution in [-0.2, 0) is 6.42 Å². The minimum absolute atomic E-state index is 0.165. The molecule has 1 N–H and O–H groups in total. The molecule has 110 valence electrons. The predicted molar refractivity (Wildman–Crippen MR) is 87.3 cm³/mol. The molecule has 0 bridgehead atoms. The average Bonchev–Trinajstić information content (AvgIpc) is 2.91. The number of hydrogen-bond donors (Lipinski definition) is 1. The summed E-state index contributed by atoms with van der Waals surface area (Å²) in [4.78, 5) is 0. The highest BCUT2D eigenvalue weighted by atomic mass is 35.5. The Labute approximate surface area is 131 Å². The number of rotatable bonds is 4. The SMILES string of the molecule is CCNC(c1cc(C)cc(Cl)c1)c1ccc2c(c1)CCO2. The van der Waals surface area contributed by atoms with Gasteiger partial charge in [0.1, 0.15) is 5.75 Å². The highest BCUT2D eigenvalue weighted by molar-refractivity contribution is 6.30. The molecule has 21 heavy (non-hydrogen) atoms. The summed E-state index contributed by atoms with van der Waals surface area (Å²) >= 11 is 6.23. The summed E-state index contributed by atoms with van der Waals surface area (Å²) in [6.07, 6.45) is 0.997. The van der Waals surface area contributed by atoms with Crippen molar-refractivity contribution in [1.29, 1.82) is 0 Å². The van der Waals surface area contributed by atoms with Crippen molar-refractivity contribution < 1.29 is 4.74 Å². The second kappa shape index (κ2) is 6.08. The van der Waals surface area contributed by atoms with Crippen LogP contribution in [0.4, 0.5) is 0 Å². The van der Waals surface area contributed by atoms with Crippen molar-refractivity contribution in [2.24, 2.45) is 0 Å². The molecular formula is C18H20ClNO. The third-order valence-electron chi connectivity index (χ3n) is 3.85. The lowest BCUT2D eigenvalue weighted by Gasteiger charge is -2.20. The standard InChI is InChI=1S/C18H20ClNO/c1-3-20-18(15-8-12(2)9-16(19)11-15)14-4-5-17-13(10-14)6-7-21-17/h4-5,8-11,18,20H,3,6-7H2,1-2H3. The first-order valence-corrected chi connectivity index (χ1v) is 7.81. The minimum atomic E-state index is 0.165. The molecule has 0 amide bonds. The van der Waals surface area contributed by atoms with Crippen LogP contribution in [0.25, 0.3) is 0 Å². The zero-order chi connectivity index (χ0) is 14.8. The lowest BCUT2D eigenvalue weighted by atomic mass is 9.95. The average molecular weight is 302 g/mol. The molecule has 1 aliphatic rings. The first-order chi connectivity index (χ1) is 10.2. The van der Waals surface area contributed by atoms with E-state index in [1.807, 2.05) is 12.1 Å². The summed E-state index contributed by atoms with van der Waals surface area (Å²) < 4.78 is 5.60. The second-order valence-electron chi connectivity index (χ2n) is 5.52. The largest absolute Gasteiger partial charge is 0.493 e. The molecule has 0 saturated heterocycles. The Bertz CT molecular complexity index is 633. The molecule has 1 unspecified atom stereocenters. The van der Waals surface area contributed by atoms with Gasteiger partial charge < -0.3 is 10.1 Å². The maximum absolute atomic E-state index is 6.23. The van der Waals surface area contributed by atoms with Crippen molar-refractivity contribution in [2.45, 2.75) is 26.3 Å². The molecule has 1 aliphatic heterocycles. The third-order valence-corrected chi connectivity index (χ3v) is 4.07. The first kappa shape index (κ1) is 14.4. The molecule has 3 rings (SSSR count). The molecular weight excluding hydrogens is 282 g/mol. The van der Waals surface area contributed by atoms with Crippen molar-refractivity contribution >= 4 is 11.6 Å². The molecule has 0 saturated carbocycles. The maximum atomic E-state index is 6.23. The Balaban J connectivity index is 2.01. The highest BCUT2D eigenvalue weighted by Crippen LogP contribution is 2.31. The summed E-state index contributed by atoms with van der Waals surface area (Å²) in [5.41, 5.74) is 4.96. The molecule has 0 aliphatic carbocycles. The van der Waals surface area contributed by atoms with Crippen LogP contribution in [0.5, 0.6) is 5.75 Å². The van der Waals surface area contributed by atoms with E-state index < -0.39 is 0 Å². The number of ether oxygens (including phenoxy) is 1. The van der Waals surface area contributed by atoms with Gasteiger partial charge in [0.05, 0.1) is 12.6 Å². The fourth-order valence-corrected chi connectivity index (χ4v) is 3.25. The van der Waals surface area contributed by atoms with Gasteiger partial charge in [-0.2, -0.15) is 0 Å². The van der Waals surface area contributed by atoms with Crippen molar-refractivity contribution in [3.63, 3.8) is 0 Å². The Morgan fingerprint density at radius 3 is 2.81 bits per heavy atom. The molecule has 0 fully saturated rings. The van der Waals surface area contributed by atoms with E-state index in [-0.39, 0.29) is 6.04 Å². The molecule has 2 aromatic rings. The summed E-state index contributed by atoms with van der Waals surface area (Å²) in [6, 6.07) is 12.9. The van der Waals surface area contributed by atoms with Gasteiger partial charge in [0, 0.05) is 11.4 Å². The van der Waals surface area contributed by atoms with Crippen LogP contribution in [0.3, 0.4) is 0 Å². The van der Waals surface area contributed by atoms with Crippen LogP contribution in [0.15, 0.2) is 36.4 Å². The topological polar surface area (TPSA) is 21.3 Å². The molecule has 1 atom stereocenters. The number of halogens is 1. The van der Waals surface area contributed by atoms with Crippen LogP contribution in [0, 0.1) is 6.92 Å². The number of nitrogens with one attached hydrogen (secondary N) is 1. The minimum Gasteiger partial charge on any atom is -0.493 e. The Kier molecular flexibility index (Phi) is 4.18. The van der Waals surface area contributed by atoms with E-state index in [0.29, 0.717) is 0 Å². The molecule has 3 heteroatoms. The van der Waals surface area contributed by atoms with Gasteiger partial charge in [0.2, 0.25) is 0 Å². The van der Waals surface area contributed by atoms with Gasteiger partial charge in [-0.05, 0) is 53.9 Å². The number of benzene rings is 2. The predicted octanol–water partition coefficient (Wildman–Crippen LogP) is 4.28. The molecule has 0 aromatic heterocycles. The summed E-state index contributed by atoms with van der Waals surface area (Å²) in [5.74, 6) is 1.02. The second-order valence-corrected chi connectivity index (χ2v) is 5.95. The fraction of sp³-hybridized carbons (Fsp3) is 0.333. The van der Waals surface area contributed by atoms with Gasteiger partial charge in [0.25, 0.3) is 0 Å². The van der Waals surface area contributed by atoms with Crippen LogP contribution in [0.2, 0.25) is 5.02 Å². The van der Waals surface area contributed by atoms with E-state index in [1.54, 1.807) is 0 Å². The molecule has 1 heterocycles. The van der Waals surface area contributed by atoms with Gasteiger partial charge >= 0.3 is 0 Å². The first-order valence-electron chi connectivity index (χ1n) is 7.43. The van der Waals surface area contributed by atoms with Crippen molar-refractivity contribution in [3.05, 3.63) is 63.7 Å². The van der Waals surface area contributed by atoms with Gasteiger partial charge in [-0.25, -0.2) is 0 Å². The number of hydrogen-bond acceptors (Lipinski definition) is 2. The molecule has 0 spiro atoms. The monoisotopic (exact) mass is 301 g/mol. The van der Waals surface area contributed by atoms with Crippen molar-refractivity contribution in [2.75, 3.05) is 13.2 Å². The summed E-state index contributed by atoms with van der Waals surface area (Å²) in [7, 11) is 0. The maximum Gasteiger partial charge on any atom is 0.122 e. The van der Waals surface area contributed by atoms with Gasteiger partial charge in [0.15, 0.2) is 0 Å². The molecule has 0 radical (unpaired) electrons. The molecule has 2 aromatic carbocycles. The number of fused-ring (bicyclic) bond motifs is 1. The van der Waals surface area contributed by atoms with Crippen molar-refractivity contribution in [1.82, 2.24) is 5.32 Å². The lowest BCUT2D eigenvalue weighted by molar-refractivity contribution is 0.357. The Hall–Kier alpha value is -1.51. The lowest BCUT2D eigenvalue weighted by Crippen LogP contribution is -2.22. The van der Waals surface area contributed by atoms with Gasteiger partial charge in [-0.3, -0.25) is 0 Å². The van der Waals surface area contributed by atoms with E-state index in [4.69, 9.17) is 16.3 Å². The van der Waals surface area contributed by atoms with Crippen LogP contribution in [0.1, 0.15) is 35.2 Å². The smallest absolute Gasteiger partial charge is 0.122 e. The fourth-order valence-electron chi connectivity index (χ4n) is 2.95. The molecule has 2 nitrogen and oxygen atoms in total. The van der Waals surface area contributed by atoms with Crippen LogP contribution in [-0.4, -0.2) is 13.2 Å². The van der Waals surface area contributed by atoms with E-state index in [2.05, 4.69) is 43.4 Å². The van der Waals surface area contributed by atoms with E-state index in [9.17, 15) is 0 Å². The zero-order valence-corrected chi connectivity index (χ0v) is 13.2. The number of aryl methyl sites for hydroxylation is 1. The van der Waals surface area contributed by atoms with Crippen LogP contribution < -0.4 is 10.1 Å². The third kappa shape index (κ3) is 3.07. The highest BCUT2D eigenvalue weighted by Gasteiger charge is 2.18. The zero-order valence-electron chi connectivity index (χ0n) is 12.4. The Morgan fingerprint density at radius 1 is 1.19 bits per heavy atom. The quantitative estimate of drug-likeness (QED) is 0.910. The normalized spacial score (nSPS) is 14.6. The van der Waals surface area contributed by atoms with E-state index >= 15 is 0 Å². The van der Waals surface area contributed by atoms with E-state index in [0.717, 1.165) is 30.3 Å². The van der Waals surface area contributed by atoms with E-state index in [1.165, 1.54) is 22.3 Å². The van der Waals surface area contributed by atoms with Crippen LogP contribution >= 0.6 is 11.6 Å². The van der Waals surface area contributed by atoms with Gasteiger partial charge in [-0.1, -0.05) is 36.7 Å².